The van der Waals surface area contributed by atoms with Gasteiger partial charge in [0.05, 0.1) is 24.5 Å². The van der Waals surface area contributed by atoms with E-state index in [4.69, 9.17) is 20.8 Å². The standard InChI is InChI=1S/C24H29ClN2O3Si/c1-24(2,3)31(4,5)30-17-20-13-18(9-11-29-23(25)28)12-19(14-20)15-21(16-26)22-8-6-7-10-27-22/h6-8,10,12-15H,9,11,17H2,1-5H3. The van der Waals surface area contributed by atoms with Gasteiger partial charge in [-0.25, -0.2) is 4.79 Å². The molecule has 1 aromatic carbocycles. The second-order valence-corrected chi connectivity index (χ2v) is 14.0. The lowest BCUT2D eigenvalue weighted by atomic mass is 10.0. The molecule has 7 heteroatoms. The second-order valence-electron chi connectivity index (χ2n) is 8.85. The lowest BCUT2D eigenvalue weighted by Gasteiger charge is -2.36. The van der Waals surface area contributed by atoms with Gasteiger partial charge >= 0.3 is 5.43 Å². The lowest BCUT2D eigenvalue weighted by Crippen LogP contribution is -2.40. The summed E-state index contributed by atoms with van der Waals surface area (Å²) in [4.78, 5) is 15.2. The van der Waals surface area contributed by atoms with Crippen LogP contribution in [0.15, 0.2) is 42.6 Å². The van der Waals surface area contributed by atoms with Crippen LogP contribution in [0.2, 0.25) is 18.1 Å². The maximum atomic E-state index is 10.9. The third-order valence-corrected chi connectivity index (χ3v) is 10.0. The molecule has 0 spiro atoms. The highest BCUT2D eigenvalue weighted by molar-refractivity contribution is 6.74. The van der Waals surface area contributed by atoms with E-state index in [0.29, 0.717) is 24.3 Å². The molecule has 2 aromatic rings. The number of aromatic nitrogens is 1. The van der Waals surface area contributed by atoms with Crippen LogP contribution < -0.4 is 0 Å². The van der Waals surface area contributed by atoms with Crippen molar-refractivity contribution in [2.24, 2.45) is 0 Å². The number of pyridine rings is 1. The summed E-state index contributed by atoms with van der Waals surface area (Å²) in [6, 6.07) is 13.7. The zero-order chi connectivity index (χ0) is 23.1. The smallest absolute Gasteiger partial charge is 0.403 e. The average molecular weight is 457 g/mol. The number of nitriles is 1. The summed E-state index contributed by atoms with van der Waals surface area (Å²) >= 11 is 5.28. The Bertz CT molecular complexity index is 977. The van der Waals surface area contributed by atoms with Gasteiger partial charge in [-0.05, 0) is 59.1 Å². The van der Waals surface area contributed by atoms with Crippen LogP contribution in [0.25, 0.3) is 11.6 Å². The van der Waals surface area contributed by atoms with E-state index in [1.165, 1.54) is 0 Å². The molecule has 1 heterocycles. The first kappa shape index (κ1) is 24.8. The number of nitrogens with zero attached hydrogens (tertiary/aromatic N) is 2. The zero-order valence-corrected chi connectivity index (χ0v) is 20.5. The number of rotatable bonds is 8. The van der Waals surface area contributed by atoms with Crippen LogP contribution in [-0.4, -0.2) is 25.3 Å². The number of halogens is 1. The molecular weight excluding hydrogens is 428 g/mol. The molecule has 31 heavy (non-hydrogen) atoms. The van der Waals surface area contributed by atoms with Crippen molar-refractivity contribution in [1.82, 2.24) is 4.98 Å². The average Bonchev–Trinajstić information content (AvgIpc) is 2.70. The number of ether oxygens (including phenoxy) is 1. The number of carbonyl (C=O) groups excluding carboxylic acids is 1. The molecule has 0 amide bonds. The largest absolute Gasteiger partial charge is 0.453 e. The highest BCUT2D eigenvalue weighted by atomic mass is 35.5. The van der Waals surface area contributed by atoms with Crippen molar-refractivity contribution >= 4 is 37.0 Å². The third kappa shape index (κ3) is 7.62. The first-order chi connectivity index (χ1) is 14.5. The van der Waals surface area contributed by atoms with Gasteiger partial charge in [-0.2, -0.15) is 5.26 Å². The molecule has 0 aliphatic rings. The quantitative estimate of drug-likeness (QED) is 0.254. The topological polar surface area (TPSA) is 72.2 Å². The Balaban J connectivity index is 2.35. The van der Waals surface area contributed by atoms with E-state index >= 15 is 0 Å². The van der Waals surface area contributed by atoms with Crippen molar-refractivity contribution in [3.63, 3.8) is 0 Å². The molecule has 0 fully saturated rings. The minimum Gasteiger partial charge on any atom is -0.453 e. The van der Waals surface area contributed by atoms with Crippen LogP contribution in [-0.2, 0) is 22.2 Å². The Kier molecular flexibility index (Phi) is 8.57. The lowest BCUT2D eigenvalue weighted by molar-refractivity contribution is 0.175. The van der Waals surface area contributed by atoms with Crippen molar-refractivity contribution in [1.29, 1.82) is 5.26 Å². The van der Waals surface area contributed by atoms with Crippen molar-refractivity contribution in [3.8, 4) is 6.07 Å². The molecule has 0 saturated heterocycles. The molecule has 0 atom stereocenters. The van der Waals surface area contributed by atoms with Crippen LogP contribution in [0.3, 0.4) is 0 Å². The molecular formula is C24H29ClN2O3Si. The van der Waals surface area contributed by atoms with Gasteiger partial charge < -0.3 is 9.16 Å². The normalized spacial score (nSPS) is 12.4. The number of carbonyl (C=O) groups is 1. The van der Waals surface area contributed by atoms with E-state index in [1.54, 1.807) is 12.3 Å². The molecule has 0 N–H and O–H groups in total. The first-order valence-electron chi connectivity index (χ1n) is 10.1. The molecule has 1 aromatic heterocycles. The maximum absolute atomic E-state index is 10.9. The monoisotopic (exact) mass is 456 g/mol. The number of benzene rings is 1. The van der Waals surface area contributed by atoms with Gasteiger partial charge in [0.15, 0.2) is 8.32 Å². The fourth-order valence-electron chi connectivity index (χ4n) is 2.68. The fourth-order valence-corrected chi connectivity index (χ4v) is 3.72. The van der Waals surface area contributed by atoms with Crippen LogP contribution >= 0.6 is 11.6 Å². The summed E-state index contributed by atoms with van der Waals surface area (Å²) in [5.41, 5.74) is 3.11. The Labute approximate surface area is 190 Å². The van der Waals surface area contributed by atoms with Crippen molar-refractivity contribution in [2.75, 3.05) is 6.61 Å². The van der Waals surface area contributed by atoms with Crippen LogP contribution in [0.4, 0.5) is 4.79 Å². The predicted octanol–water partition coefficient (Wildman–Crippen LogP) is 6.59. The molecule has 5 nitrogen and oxygen atoms in total. The summed E-state index contributed by atoms with van der Waals surface area (Å²) in [6.45, 7) is 11.7. The Morgan fingerprint density at radius 1 is 1.23 bits per heavy atom. The first-order valence-corrected chi connectivity index (χ1v) is 13.4. The van der Waals surface area contributed by atoms with E-state index in [-0.39, 0.29) is 11.6 Å². The SMILES string of the molecule is CC(C)(C)[Si](C)(C)OCc1cc(C=C(C#N)c2ccccn2)cc(CCOC(=O)Cl)c1. The van der Waals surface area contributed by atoms with E-state index in [9.17, 15) is 10.1 Å². The molecule has 0 bridgehead atoms. The summed E-state index contributed by atoms with van der Waals surface area (Å²) in [6.07, 6.45) is 3.99. The molecule has 164 valence electrons. The van der Waals surface area contributed by atoms with Crippen molar-refractivity contribution in [2.45, 2.75) is 51.9 Å². The number of hydrogen-bond donors (Lipinski definition) is 0. The Morgan fingerprint density at radius 2 is 1.94 bits per heavy atom. The van der Waals surface area contributed by atoms with Gasteiger partial charge in [-0.3, -0.25) is 4.98 Å². The molecule has 0 aliphatic carbocycles. The zero-order valence-electron chi connectivity index (χ0n) is 18.7. The van der Waals surface area contributed by atoms with E-state index in [1.807, 2.05) is 36.4 Å². The summed E-state index contributed by atoms with van der Waals surface area (Å²) < 4.78 is 11.3. The molecule has 2 rings (SSSR count). The molecule has 0 aliphatic heterocycles. The van der Waals surface area contributed by atoms with E-state index in [2.05, 4.69) is 44.9 Å². The predicted molar refractivity (Wildman–Crippen MR) is 127 cm³/mol. The van der Waals surface area contributed by atoms with Gasteiger partial charge in [0.1, 0.15) is 6.07 Å². The van der Waals surface area contributed by atoms with Crippen LogP contribution in [0, 0.1) is 11.3 Å². The van der Waals surface area contributed by atoms with E-state index in [0.717, 1.165) is 16.7 Å². The Morgan fingerprint density at radius 3 is 2.52 bits per heavy atom. The summed E-state index contributed by atoms with van der Waals surface area (Å²) in [5, 5.41) is 9.74. The van der Waals surface area contributed by atoms with Crippen molar-refractivity contribution < 1.29 is 14.0 Å². The summed E-state index contributed by atoms with van der Waals surface area (Å²) in [5.74, 6) is 0. The summed E-state index contributed by atoms with van der Waals surface area (Å²) in [7, 11) is -1.92. The second kappa shape index (κ2) is 10.7. The fraction of sp³-hybridized carbons (Fsp3) is 0.375. The van der Waals surface area contributed by atoms with Gasteiger partial charge in [-0.15, -0.1) is 0 Å². The third-order valence-electron chi connectivity index (χ3n) is 5.46. The highest BCUT2D eigenvalue weighted by Crippen LogP contribution is 2.37. The Hall–Kier alpha value is -2.46. The van der Waals surface area contributed by atoms with Gasteiger partial charge in [0, 0.05) is 24.2 Å². The molecule has 0 unspecified atom stereocenters. The number of allylic oxidation sites excluding steroid dienone is 1. The minimum absolute atomic E-state index is 0.106. The minimum atomic E-state index is -1.92. The van der Waals surface area contributed by atoms with E-state index < -0.39 is 13.7 Å². The molecule has 0 saturated carbocycles. The van der Waals surface area contributed by atoms with Gasteiger partial charge in [-0.1, -0.05) is 39.0 Å². The van der Waals surface area contributed by atoms with Gasteiger partial charge in [0.25, 0.3) is 0 Å². The highest BCUT2D eigenvalue weighted by Gasteiger charge is 2.37. The maximum Gasteiger partial charge on any atom is 0.403 e. The van der Waals surface area contributed by atoms with Crippen molar-refractivity contribution in [3.05, 3.63) is 65.0 Å². The molecule has 0 radical (unpaired) electrons. The van der Waals surface area contributed by atoms with Crippen LogP contribution in [0.5, 0.6) is 0 Å². The number of hydrogen-bond acceptors (Lipinski definition) is 5. The van der Waals surface area contributed by atoms with Gasteiger partial charge in [0.2, 0.25) is 0 Å². The van der Waals surface area contributed by atoms with Crippen LogP contribution in [0.1, 0.15) is 43.2 Å².